The van der Waals surface area contributed by atoms with Crippen LogP contribution in [0.3, 0.4) is 0 Å². The lowest BCUT2D eigenvalue weighted by Gasteiger charge is -2.08. The largest absolute Gasteiger partial charge is 0.465 e. The molecule has 0 saturated heterocycles. The minimum atomic E-state index is -0.782. The summed E-state index contributed by atoms with van der Waals surface area (Å²) in [6.45, 7) is 0. The number of aromatic amines is 1. The molecule has 6 nitrogen and oxygen atoms in total. The highest BCUT2D eigenvalue weighted by molar-refractivity contribution is 6.00. The van der Waals surface area contributed by atoms with Crippen molar-refractivity contribution in [2.24, 2.45) is 0 Å². The van der Waals surface area contributed by atoms with Crippen molar-refractivity contribution in [2.45, 2.75) is 0 Å². The Hall–Kier alpha value is -2.70. The van der Waals surface area contributed by atoms with Crippen LogP contribution in [0.15, 0.2) is 29.1 Å². The van der Waals surface area contributed by atoms with Crippen molar-refractivity contribution in [3.8, 4) is 11.3 Å². The van der Waals surface area contributed by atoms with E-state index in [1.54, 1.807) is 0 Å². The molecule has 7 heteroatoms. The molecular weight excluding hydrogens is 253 g/mol. The Balaban J connectivity index is 2.70. The quantitative estimate of drug-likeness (QED) is 0.786. The maximum atomic E-state index is 12.9. The van der Waals surface area contributed by atoms with Crippen LogP contribution in [0.25, 0.3) is 11.3 Å². The van der Waals surface area contributed by atoms with Crippen LogP contribution in [-0.4, -0.2) is 23.3 Å². The minimum Gasteiger partial charge on any atom is -0.465 e. The lowest BCUT2D eigenvalue weighted by atomic mass is 10.1. The first kappa shape index (κ1) is 12.7. The monoisotopic (exact) mass is 263 g/mol. The molecule has 0 saturated carbocycles. The zero-order chi connectivity index (χ0) is 14.0. The standard InChI is InChI=1S/C12H10FN3O3/c1-19-12(18)8-9(14)11(17)16-15-10(8)6-2-4-7(13)5-3-6/h2-5H,1H3,(H2,14,15)(H,16,17). The molecule has 0 radical (unpaired) electrons. The van der Waals surface area contributed by atoms with Gasteiger partial charge in [-0.05, 0) is 24.3 Å². The van der Waals surface area contributed by atoms with Gasteiger partial charge in [0.2, 0.25) is 0 Å². The summed E-state index contributed by atoms with van der Waals surface area (Å²) in [5.41, 5.74) is 5.01. The number of esters is 1. The maximum absolute atomic E-state index is 12.9. The lowest BCUT2D eigenvalue weighted by Crippen LogP contribution is -2.21. The average Bonchev–Trinajstić information content (AvgIpc) is 2.42. The summed E-state index contributed by atoms with van der Waals surface area (Å²) in [6, 6.07) is 5.25. The topological polar surface area (TPSA) is 98.1 Å². The van der Waals surface area contributed by atoms with Gasteiger partial charge in [-0.1, -0.05) is 0 Å². The van der Waals surface area contributed by atoms with Crippen molar-refractivity contribution in [3.63, 3.8) is 0 Å². The predicted octanol–water partition coefficient (Wildman–Crippen LogP) is 0.945. The Labute approximate surface area is 107 Å². The number of H-pyrrole nitrogens is 1. The van der Waals surface area contributed by atoms with E-state index in [2.05, 4.69) is 14.9 Å². The van der Waals surface area contributed by atoms with Gasteiger partial charge in [-0.2, -0.15) is 5.10 Å². The summed E-state index contributed by atoms with van der Waals surface area (Å²) in [6.07, 6.45) is 0. The molecule has 3 N–H and O–H groups in total. The lowest BCUT2D eigenvalue weighted by molar-refractivity contribution is 0.0602. The molecule has 0 atom stereocenters. The molecule has 98 valence electrons. The Bertz CT molecular complexity index is 680. The first-order chi connectivity index (χ1) is 9.04. The number of carbonyl (C=O) groups is 1. The zero-order valence-electron chi connectivity index (χ0n) is 9.94. The fourth-order valence-corrected chi connectivity index (χ4v) is 1.59. The zero-order valence-corrected chi connectivity index (χ0v) is 9.94. The van der Waals surface area contributed by atoms with E-state index in [0.29, 0.717) is 5.56 Å². The average molecular weight is 263 g/mol. The van der Waals surface area contributed by atoms with Gasteiger partial charge in [0, 0.05) is 5.56 Å². The molecule has 0 fully saturated rings. The van der Waals surface area contributed by atoms with Crippen molar-refractivity contribution >= 4 is 11.7 Å². The Kier molecular flexibility index (Phi) is 3.28. The molecule has 0 unspecified atom stereocenters. The van der Waals surface area contributed by atoms with E-state index >= 15 is 0 Å². The van der Waals surface area contributed by atoms with Gasteiger partial charge < -0.3 is 10.5 Å². The SMILES string of the molecule is COC(=O)c1c(-c2ccc(F)cc2)n[nH]c(=O)c1N. The molecule has 2 rings (SSSR count). The number of ether oxygens (including phenoxy) is 1. The maximum Gasteiger partial charge on any atom is 0.342 e. The number of nitrogens with zero attached hydrogens (tertiary/aromatic N) is 1. The number of halogens is 1. The van der Waals surface area contributed by atoms with E-state index in [4.69, 9.17) is 5.73 Å². The van der Waals surface area contributed by atoms with Gasteiger partial charge in [0.1, 0.15) is 22.8 Å². The summed E-state index contributed by atoms with van der Waals surface area (Å²) in [5.74, 6) is -1.21. The third-order valence-electron chi connectivity index (χ3n) is 2.53. The number of rotatable bonds is 2. The Morgan fingerprint density at radius 1 is 1.37 bits per heavy atom. The van der Waals surface area contributed by atoms with Crippen molar-refractivity contribution in [3.05, 3.63) is 46.0 Å². The summed E-state index contributed by atoms with van der Waals surface area (Å²) in [5, 5.41) is 5.94. The highest BCUT2D eigenvalue weighted by Gasteiger charge is 2.21. The number of nitrogens with one attached hydrogen (secondary N) is 1. The van der Waals surface area contributed by atoms with Gasteiger partial charge in [-0.25, -0.2) is 14.3 Å². The number of methoxy groups -OCH3 is 1. The highest BCUT2D eigenvalue weighted by Crippen LogP contribution is 2.23. The second kappa shape index (κ2) is 4.89. The molecule has 0 aliphatic rings. The molecule has 0 aliphatic heterocycles. The number of aromatic nitrogens is 2. The first-order valence-electron chi connectivity index (χ1n) is 5.27. The summed E-state index contributed by atoms with van der Waals surface area (Å²) < 4.78 is 17.4. The second-order valence-corrected chi connectivity index (χ2v) is 3.69. The van der Waals surface area contributed by atoms with E-state index in [1.807, 2.05) is 0 Å². The molecule has 0 aliphatic carbocycles. The number of carbonyl (C=O) groups excluding carboxylic acids is 1. The van der Waals surface area contributed by atoms with Gasteiger partial charge >= 0.3 is 5.97 Å². The van der Waals surface area contributed by atoms with E-state index in [0.717, 1.165) is 7.11 Å². The van der Waals surface area contributed by atoms with Gasteiger partial charge in [0.25, 0.3) is 5.56 Å². The summed E-state index contributed by atoms with van der Waals surface area (Å²) in [7, 11) is 1.16. The number of anilines is 1. The number of nitrogen functional groups attached to an aromatic ring is 1. The fraction of sp³-hybridized carbons (Fsp3) is 0.0833. The molecule has 1 aromatic carbocycles. The smallest absolute Gasteiger partial charge is 0.342 e. The number of benzene rings is 1. The molecule has 0 bridgehead atoms. The van der Waals surface area contributed by atoms with E-state index in [9.17, 15) is 14.0 Å². The van der Waals surface area contributed by atoms with Crippen molar-refractivity contribution in [1.29, 1.82) is 0 Å². The third kappa shape index (κ3) is 2.30. The molecule has 0 spiro atoms. The second-order valence-electron chi connectivity index (χ2n) is 3.69. The molecule has 1 heterocycles. The number of nitrogens with two attached hydrogens (primary N) is 1. The van der Waals surface area contributed by atoms with E-state index < -0.39 is 17.3 Å². The van der Waals surface area contributed by atoms with Crippen LogP contribution in [0.4, 0.5) is 10.1 Å². The van der Waals surface area contributed by atoms with Crippen molar-refractivity contribution in [2.75, 3.05) is 12.8 Å². The Morgan fingerprint density at radius 2 is 2.00 bits per heavy atom. The molecule has 19 heavy (non-hydrogen) atoms. The van der Waals surface area contributed by atoms with Gasteiger partial charge in [0.15, 0.2) is 0 Å². The normalized spacial score (nSPS) is 10.2. The third-order valence-corrected chi connectivity index (χ3v) is 2.53. The van der Waals surface area contributed by atoms with Crippen LogP contribution < -0.4 is 11.3 Å². The van der Waals surface area contributed by atoms with Gasteiger partial charge in [-0.3, -0.25) is 4.79 Å². The predicted molar refractivity (Wildman–Crippen MR) is 66.0 cm³/mol. The van der Waals surface area contributed by atoms with Gasteiger partial charge in [-0.15, -0.1) is 0 Å². The van der Waals surface area contributed by atoms with Crippen LogP contribution in [0.1, 0.15) is 10.4 Å². The summed E-state index contributed by atoms with van der Waals surface area (Å²) >= 11 is 0. The van der Waals surface area contributed by atoms with Gasteiger partial charge in [0.05, 0.1) is 7.11 Å². The van der Waals surface area contributed by atoms with Crippen LogP contribution in [0.2, 0.25) is 0 Å². The highest BCUT2D eigenvalue weighted by atomic mass is 19.1. The number of hydrogen-bond acceptors (Lipinski definition) is 5. The number of hydrogen-bond donors (Lipinski definition) is 2. The molecular formula is C12H10FN3O3. The molecule has 1 aromatic heterocycles. The van der Waals surface area contributed by atoms with Crippen LogP contribution in [0.5, 0.6) is 0 Å². The minimum absolute atomic E-state index is 0.129. The van der Waals surface area contributed by atoms with Crippen LogP contribution >= 0.6 is 0 Å². The van der Waals surface area contributed by atoms with E-state index in [1.165, 1.54) is 24.3 Å². The fourth-order valence-electron chi connectivity index (χ4n) is 1.59. The molecule has 0 amide bonds. The molecule has 2 aromatic rings. The van der Waals surface area contributed by atoms with E-state index in [-0.39, 0.29) is 16.9 Å². The Morgan fingerprint density at radius 3 is 2.58 bits per heavy atom. The summed E-state index contributed by atoms with van der Waals surface area (Å²) in [4.78, 5) is 23.1. The van der Waals surface area contributed by atoms with Crippen molar-refractivity contribution < 1.29 is 13.9 Å². The van der Waals surface area contributed by atoms with Crippen LogP contribution in [-0.2, 0) is 4.74 Å². The first-order valence-corrected chi connectivity index (χ1v) is 5.27. The van der Waals surface area contributed by atoms with Crippen molar-refractivity contribution in [1.82, 2.24) is 10.2 Å². The van der Waals surface area contributed by atoms with Crippen LogP contribution in [0, 0.1) is 5.82 Å².